The van der Waals surface area contributed by atoms with Gasteiger partial charge in [0.1, 0.15) is 16.4 Å². The van der Waals surface area contributed by atoms with Crippen molar-refractivity contribution in [3.05, 3.63) is 59.4 Å². The summed E-state index contributed by atoms with van der Waals surface area (Å²) in [5.74, 6) is -0.519. The number of hydrogen-bond acceptors (Lipinski definition) is 3. The number of benzene rings is 2. The molecule has 1 aliphatic rings. The van der Waals surface area contributed by atoms with Crippen LogP contribution in [0.15, 0.2) is 42.5 Å². The molecular formula is C16H11BrFNO3. The Labute approximate surface area is 134 Å². The molecule has 2 aromatic carbocycles. The maximum Gasteiger partial charge on any atom is 0.262 e. The van der Waals surface area contributed by atoms with E-state index in [-0.39, 0.29) is 23.9 Å². The van der Waals surface area contributed by atoms with Crippen LogP contribution >= 0.6 is 15.9 Å². The predicted molar refractivity (Wildman–Crippen MR) is 83.0 cm³/mol. The molecule has 112 valence electrons. The molecule has 1 atom stereocenters. The molecule has 22 heavy (non-hydrogen) atoms. The second kappa shape index (κ2) is 5.88. The van der Waals surface area contributed by atoms with Crippen molar-refractivity contribution < 1.29 is 18.7 Å². The number of anilines is 1. The van der Waals surface area contributed by atoms with Gasteiger partial charge in [0, 0.05) is 11.1 Å². The Balaban J connectivity index is 1.91. The molecule has 0 spiro atoms. The summed E-state index contributed by atoms with van der Waals surface area (Å²) in [7, 11) is 0. The number of carbonyl (C=O) groups is 2. The van der Waals surface area contributed by atoms with E-state index >= 15 is 0 Å². The van der Waals surface area contributed by atoms with Crippen molar-refractivity contribution in [3.8, 4) is 5.75 Å². The molecule has 4 nitrogen and oxygen atoms in total. The molecule has 0 radical (unpaired) electrons. The number of nitrogens with one attached hydrogen (secondary N) is 1. The highest BCUT2D eigenvalue weighted by atomic mass is 79.9. The Morgan fingerprint density at radius 3 is 2.82 bits per heavy atom. The highest BCUT2D eigenvalue weighted by Gasteiger charge is 2.24. The van der Waals surface area contributed by atoms with E-state index in [2.05, 4.69) is 21.2 Å². The second-order valence-electron chi connectivity index (χ2n) is 4.80. The molecule has 1 aliphatic heterocycles. The van der Waals surface area contributed by atoms with Crippen LogP contribution in [0.25, 0.3) is 0 Å². The molecule has 0 saturated carbocycles. The smallest absolute Gasteiger partial charge is 0.262 e. The van der Waals surface area contributed by atoms with Crippen molar-refractivity contribution in [2.24, 2.45) is 0 Å². The molecule has 0 fully saturated rings. The van der Waals surface area contributed by atoms with Crippen molar-refractivity contribution in [1.82, 2.24) is 0 Å². The molecule has 1 unspecified atom stereocenters. The Hall–Kier alpha value is -2.21. The van der Waals surface area contributed by atoms with Gasteiger partial charge in [-0.15, -0.1) is 0 Å². The van der Waals surface area contributed by atoms with Gasteiger partial charge in [0.05, 0.1) is 5.69 Å². The van der Waals surface area contributed by atoms with Crippen LogP contribution in [0.3, 0.4) is 0 Å². The average molecular weight is 364 g/mol. The molecule has 0 aromatic heterocycles. The van der Waals surface area contributed by atoms with Gasteiger partial charge in [0.2, 0.25) is 0 Å². The van der Waals surface area contributed by atoms with E-state index in [9.17, 15) is 14.0 Å². The van der Waals surface area contributed by atoms with Crippen LogP contribution in [0.1, 0.15) is 20.7 Å². The zero-order valence-electron chi connectivity index (χ0n) is 11.3. The van der Waals surface area contributed by atoms with Crippen LogP contribution in [-0.4, -0.2) is 18.3 Å². The van der Waals surface area contributed by atoms with E-state index in [1.54, 1.807) is 30.3 Å². The summed E-state index contributed by atoms with van der Waals surface area (Å²) >= 11 is 3.24. The first-order chi connectivity index (χ1) is 10.6. The molecule has 1 amide bonds. The molecule has 1 heterocycles. The third kappa shape index (κ3) is 2.74. The molecule has 2 aromatic rings. The van der Waals surface area contributed by atoms with E-state index in [1.807, 2.05) is 0 Å². The Kier molecular flexibility index (Phi) is 3.94. The SMILES string of the molecule is O=C1COc2ccc(C(=O)C(Br)c3ccccc3F)cc2N1. The van der Waals surface area contributed by atoms with Crippen LogP contribution in [0.2, 0.25) is 0 Å². The Morgan fingerprint density at radius 2 is 2.05 bits per heavy atom. The molecule has 1 N–H and O–H groups in total. The number of ether oxygens (including phenoxy) is 1. The number of hydrogen-bond donors (Lipinski definition) is 1. The summed E-state index contributed by atoms with van der Waals surface area (Å²) < 4.78 is 19.0. The molecule has 0 saturated heterocycles. The quantitative estimate of drug-likeness (QED) is 0.670. The summed E-state index contributed by atoms with van der Waals surface area (Å²) in [5.41, 5.74) is 1.07. The fourth-order valence-electron chi connectivity index (χ4n) is 2.20. The lowest BCUT2D eigenvalue weighted by Gasteiger charge is -2.19. The van der Waals surface area contributed by atoms with Crippen molar-refractivity contribution in [1.29, 1.82) is 0 Å². The van der Waals surface area contributed by atoms with Crippen molar-refractivity contribution in [2.45, 2.75) is 4.83 Å². The van der Waals surface area contributed by atoms with Crippen molar-refractivity contribution in [3.63, 3.8) is 0 Å². The van der Waals surface area contributed by atoms with Gasteiger partial charge in [0.15, 0.2) is 12.4 Å². The van der Waals surface area contributed by atoms with Crippen molar-refractivity contribution >= 4 is 33.3 Å². The summed E-state index contributed by atoms with van der Waals surface area (Å²) in [6, 6.07) is 10.8. The van der Waals surface area contributed by atoms with Gasteiger partial charge < -0.3 is 10.1 Å². The lowest BCUT2D eigenvalue weighted by atomic mass is 10.0. The highest BCUT2D eigenvalue weighted by molar-refractivity contribution is 9.09. The normalized spacial score (nSPS) is 14.5. The zero-order chi connectivity index (χ0) is 15.7. The van der Waals surface area contributed by atoms with Gasteiger partial charge in [0.25, 0.3) is 5.91 Å². The van der Waals surface area contributed by atoms with Gasteiger partial charge >= 0.3 is 0 Å². The largest absolute Gasteiger partial charge is 0.482 e. The Bertz CT molecular complexity index is 763. The Morgan fingerprint density at radius 1 is 1.27 bits per heavy atom. The third-order valence-electron chi connectivity index (χ3n) is 3.31. The lowest BCUT2D eigenvalue weighted by Crippen LogP contribution is -2.25. The molecule has 0 bridgehead atoms. The topological polar surface area (TPSA) is 55.4 Å². The maximum atomic E-state index is 13.8. The number of alkyl halides is 1. The summed E-state index contributed by atoms with van der Waals surface area (Å²) in [6.45, 7) is -0.0451. The van der Waals surface area contributed by atoms with Gasteiger partial charge in [-0.1, -0.05) is 34.1 Å². The van der Waals surface area contributed by atoms with Crippen LogP contribution in [-0.2, 0) is 4.79 Å². The lowest BCUT2D eigenvalue weighted by molar-refractivity contribution is -0.118. The van der Waals surface area contributed by atoms with Crippen LogP contribution in [0, 0.1) is 5.82 Å². The van der Waals surface area contributed by atoms with E-state index in [0.29, 0.717) is 17.0 Å². The molecule has 3 rings (SSSR count). The van der Waals surface area contributed by atoms with Gasteiger partial charge in [-0.05, 0) is 24.3 Å². The summed E-state index contributed by atoms with van der Waals surface area (Å²) in [4.78, 5) is 23.0. The van der Waals surface area contributed by atoms with Gasteiger partial charge in [-0.2, -0.15) is 0 Å². The predicted octanol–water partition coefficient (Wildman–Crippen LogP) is 3.48. The number of carbonyl (C=O) groups excluding carboxylic acids is 2. The van der Waals surface area contributed by atoms with Crippen LogP contribution in [0.5, 0.6) is 5.75 Å². The number of Topliss-reactive ketones (excluding diaryl/α,β-unsaturated/α-hetero) is 1. The fraction of sp³-hybridized carbons (Fsp3) is 0.125. The first-order valence-electron chi connectivity index (χ1n) is 6.55. The minimum Gasteiger partial charge on any atom is -0.482 e. The zero-order valence-corrected chi connectivity index (χ0v) is 12.9. The fourth-order valence-corrected chi connectivity index (χ4v) is 2.84. The van der Waals surface area contributed by atoms with E-state index in [4.69, 9.17) is 4.74 Å². The molecule has 6 heteroatoms. The minimum absolute atomic E-state index is 0.0451. The summed E-state index contributed by atoms with van der Waals surface area (Å²) in [5, 5.41) is 2.64. The first kappa shape index (κ1) is 14.7. The number of rotatable bonds is 3. The van der Waals surface area contributed by atoms with Gasteiger partial charge in [-0.3, -0.25) is 9.59 Å². The first-order valence-corrected chi connectivity index (χ1v) is 7.47. The van der Waals surface area contributed by atoms with Gasteiger partial charge in [-0.25, -0.2) is 4.39 Å². The monoisotopic (exact) mass is 363 g/mol. The highest BCUT2D eigenvalue weighted by Crippen LogP contribution is 2.33. The maximum absolute atomic E-state index is 13.8. The van der Waals surface area contributed by atoms with Crippen molar-refractivity contribution in [2.75, 3.05) is 11.9 Å². The standard InChI is InChI=1S/C16H11BrFNO3/c17-15(10-3-1-2-4-11(10)18)16(21)9-5-6-13-12(7-9)19-14(20)8-22-13/h1-7,15H,8H2,(H,19,20). The minimum atomic E-state index is -0.799. The van der Waals surface area contributed by atoms with E-state index in [0.717, 1.165) is 0 Å². The molecular weight excluding hydrogens is 353 g/mol. The third-order valence-corrected chi connectivity index (χ3v) is 4.21. The second-order valence-corrected chi connectivity index (χ2v) is 5.71. The van der Waals surface area contributed by atoms with E-state index in [1.165, 1.54) is 12.1 Å². The van der Waals surface area contributed by atoms with Crippen LogP contribution in [0.4, 0.5) is 10.1 Å². The number of ketones is 1. The average Bonchev–Trinajstić information content (AvgIpc) is 2.53. The van der Waals surface area contributed by atoms with E-state index < -0.39 is 10.6 Å². The summed E-state index contributed by atoms with van der Waals surface area (Å²) in [6.07, 6.45) is 0. The van der Waals surface area contributed by atoms with Crippen LogP contribution < -0.4 is 10.1 Å². The number of halogens is 2. The number of fused-ring (bicyclic) bond motifs is 1. The molecule has 0 aliphatic carbocycles. The number of amides is 1.